The van der Waals surface area contributed by atoms with Gasteiger partial charge in [0.05, 0.1) is 35.3 Å². The van der Waals surface area contributed by atoms with Crippen LogP contribution in [0.15, 0.2) is 35.8 Å². The third-order valence-electron chi connectivity index (χ3n) is 9.99. The Morgan fingerprint density at radius 2 is 1.71 bits per heavy atom. The summed E-state index contributed by atoms with van der Waals surface area (Å²) in [5, 5.41) is 17.1. The van der Waals surface area contributed by atoms with Crippen molar-refractivity contribution in [2.24, 2.45) is 7.05 Å². The Morgan fingerprint density at radius 1 is 1.02 bits per heavy atom. The van der Waals surface area contributed by atoms with E-state index < -0.39 is 11.7 Å². The largest absolute Gasteiger partial charge is 0.417 e. The third kappa shape index (κ3) is 8.16. The standard InChI is InChI=1S/C30H39F3N8O.C5H12O/c1-37-12-13-41(28-15-25(30(31,32)33)23(14-27(28)37)20-16-35-38(2)17-20)29(34)24-18-39(19-42)9-8-26(24)36-21-6-10-40(11-7-21)22-4-3-5-22;1-5(2,3)6-4/h14-17,19,21-22,34,36H,3-13,18H2,1-2H3;1-4H3. The molecule has 48 heavy (non-hydrogen) atoms. The number of anilines is 2. The number of nitrogens with one attached hydrogen (secondary N) is 2. The lowest BCUT2D eigenvalue weighted by Gasteiger charge is -2.43. The number of carbonyl (C=O) groups excluding carboxylic acids is 1. The van der Waals surface area contributed by atoms with Gasteiger partial charge in [0.2, 0.25) is 6.41 Å². The van der Waals surface area contributed by atoms with Crippen molar-refractivity contribution in [3.8, 4) is 11.1 Å². The molecule has 6 rings (SSSR count). The zero-order chi connectivity index (χ0) is 34.8. The number of rotatable bonds is 6. The van der Waals surface area contributed by atoms with Crippen LogP contribution in [0.1, 0.15) is 64.9 Å². The Morgan fingerprint density at radius 3 is 2.25 bits per heavy atom. The van der Waals surface area contributed by atoms with Crippen molar-refractivity contribution in [2.45, 2.75) is 83.2 Å². The first kappa shape index (κ1) is 35.7. The highest BCUT2D eigenvalue weighted by molar-refractivity contribution is 6.11. The van der Waals surface area contributed by atoms with Gasteiger partial charge >= 0.3 is 6.18 Å². The van der Waals surface area contributed by atoms with Crippen LogP contribution in [0.2, 0.25) is 0 Å². The zero-order valence-electron chi connectivity index (χ0n) is 29.2. The average Bonchev–Trinajstić information content (AvgIpc) is 3.46. The van der Waals surface area contributed by atoms with Crippen LogP contribution in [0.3, 0.4) is 0 Å². The molecule has 1 aliphatic carbocycles. The van der Waals surface area contributed by atoms with Gasteiger partial charge in [0.15, 0.2) is 0 Å². The number of amidine groups is 1. The van der Waals surface area contributed by atoms with Crippen molar-refractivity contribution < 1.29 is 22.7 Å². The monoisotopic (exact) mass is 672 g/mol. The summed E-state index contributed by atoms with van der Waals surface area (Å²) < 4.78 is 49.7. The number of piperidine rings is 1. The minimum Gasteiger partial charge on any atom is -0.385 e. The van der Waals surface area contributed by atoms with Crippen molar-refractivity contribution in [1.29, 1.82) is 5.41 Å². The summed E-state index contributed by atoms with van der Waals surface area (Å²) >= 11 is 0. The summed E-state index contributed by atoms with van der Waals surface area (Å²) in [6.07, 6.45) is 5.74. The molecule has 1 aromatic heterocycles. The Balaban J connectivity index is 0.000000689. The number of aromatic nitrogens is 2. The van der Waals surface area contributed by atoms with Crippen molar-refractivity contribution in [3.05, 3.63) is 41.4 Å². The fourth-order valence-electron chi connectivity index (χ4n) is 6.68. The minimum absolute atomic E-state index is 0.0417. The number of hydrogen-bond donors (Lipinski definition) is 2. The molecule has 10 nitrogen and oxygen atoms in total. The molecule has 2 fully saturated rings. The first-order valence-corrected chi connectivity index (χ1v) is 17.0. The molecule has 1 saturated heterocycles. The number of carbonyl (C=O) groups is 1. The van der Waals surface area contributed by atoms with Gasteiger partial charge in [0.25, 0.3) is 0 Å². The van der Waals surface area contributed by atoms with E-state index in [9.17, 15) is 23.4 Å². The summed E-state index contributed by atoms with van der Waals surface area (Å²) in [6, 6.07) is 3.74. The van der Waals surface area contributed by atoms with E-state index >= 15 is 0 Å². The topological polar surface area (TPSA) is 93.0 Å². The van der Waals surface area contributed by atoms with Crippen LogP contribution >= 0.6 is 0 Å². The van der Waals surface area contributed by atoms with Gasteiger partial charge in [0.1, 0.15) is 5.84 Å². The Bertz CT molecular complexity index is 1490. The molecule has 4 heterocycles. The molecule has 3 aliphatic heterocycles. The van der Waals surface area contributed by atoms with Gasteiger partial charge in [0, 0.05) is 95.5 Å². The number of ether oxygens (including phenoxy) is 1. The van der Waals surface area contributed by atoms with Crippen LogP contribution in [0, 0.1) is 5.41 Å². The van der Waals surface area contributed by atoms with Crippen LogP contribution in [0.25, 0.3) is 11.1 Å². The van der Waals surface area contributed by atoms with E-state index in [-0.39, 0.29) is 29.6 Å². The number of methoxy groups -OCH3 is 1. The van der Waals surface area contributed by atoms with E-state index in [4.69, 9.17) is 4.74 Å². The molecule has 0 atom stereocenters. The number of benzene rings is 1. The lowest BCUT2D eigenvalue weighted by Crippen LogP contribution is -2.50. The number of alkyl halides is 3. The number of amides is 1. The van der Waals surface area contributed by atoms with E-state index in [2.05, 4.69) is 15.3 Å². The smallest absolute Gasteiger partial charge is 0.385 e. The van der Waals surface area contributed by atoms with Crippen LogP contribution in [0.5, 0.6) is 0 Å². The zero-order valence-corrected chi connectivity index (χ0v) is 29.2. The highest BCUT2D eigenvalue weighted by Gasteiger charge is 2.38. The highest BCUT2D eigenvalue weighted by Crippen LogP contribution is 2.45. The van der Waals surface area contributed by atoms with Gasteiger partial charge in [-0.15, -0.1) is 0 Å². The van der Waals surface area contributed by atoms with Crippen molar-refractivity contribution in [3.63, 3.8) is 0 Å². The van der Waals surface area contributed by atoms with Crippen LogP contribution < -0.4 is 15.1 Å². The molecule has 0 radical (unpaired) electrons. The van der Waals surface area contributed by atoms with Gasteiger partial charge in [-0.05, 0) is 64.2 Å². The summed E-state index contributed by atoms with van der Waals surface area (Å²) in [4.78, 5) is 19.6. The first-order chi connectivity index (χ1) is 22.7. The second-order valence-electron chi connectivity index (χ2n) is 14.3. The molecule has 1 saturated carbocycles. The van der Waals surface area contributed by atoms with Crippen LogP contribution in [0.4, 0.5) is 24.5 Å². The van der Waals surface area contributed by atoms with Gasteiger partial charge in [-0.1, -0.05) is 6.42 Å². The van der Waals surface area contributed by atoms with Gasteiger partial charge in [-0.2, -0.15) is 18.3 Å². The summed E-state index contributed by atoms with van der Waals surface area (Å²) in [6.45, 7) is 9.88. The molecular formula is C35H51F3N8O2. The number of halogens is 3. The number of likely N-dealkylation sites (tertiary alicyclic amines) is 1. The predicted octanol–water partition coefficient (Wildman–Crippen LogP) is 5.49. The van der Waals surface area contributed by atoms with Crippen LogP contribution in [-0.4, -0.2) is 103 Å². The van der Waals surface area contributed by atoms with E-state index in [1.54, 1.807) is 36.2 Å². The Labute approximate surface area is 282 Å². The number of nitrogens with zero attached hydrogens (tertiary/aromatic N) is 6. The molecule has 0 bridgehead atoms. The minimum atomic E-state index is -4.59. The average molecular weight is 673 g/mol. The van der Waals surface area contributed by atoms with Gasteiger partial charge < -0.3 is 29.7 Å². The second-order valence-corrected chi connectivity index (χ2v) is 14.3. The Hall–Kier alpha value is -3.58. The number of fused-ring (bicyclic) bond motifs is 1. The fourth-order valence-corrected chi connectivity index (χ4v) is 6.68. The van der Waals surface area contributed by atoms with Crippen LogP contribution in [-0.2, 0) is 22.8 Å². The molecule has 0 spiro atoms. The third-order valence-corrected chi connectivity index (χ3v) is 9.99. The SMILES string of the molecule is CN1CCN(C(=N)C2=C(NC3CCN(C4CCC4)CC3)CCN(C=O)C2)c2cc(C(F)(F)F)c(-c3cnn(C)c3)cc21.COC(C)(C)C. The molecule has 0 unspecified atom stereocenters. The number of aryl methyl sites for hydroxylation is 1. The molecular weight excluding hydrogens is 621 g/mol. The second kappa shape index (κ2) is 14.5. The van der Waals surface area contributed by atoms with Crippen molar-refractivity contribution in [1.82, 2.24) is 24.9 Å². The maximum Gasteiger partial charge on any atom is 0.417 e. The predicted molar refractivity (Wildman–Crippen MR) is 183 cm³/mol. The lowest BCUT2D eigenvalue weighted by molar-refractivity contribution is -0.137. The van der Waals surface area contributed by atoms with E-state index in [1.807, 2.05) is 32.7 Å². The number of likely N-dealkylation sites (N-methyl/N-ethyl adjacent to an activating group) is 1. The van der Waals surface area contributed by atoms with E-state index in [0.29, 0.717) is 48.6 Å². The fraction of sp³-hybridized carbons (Fsp3) is 0.629. The summed E-state index contributed by atoms with van der Waals surface area (Å²) in [5.74, 6) is 0.146. The normalized spacial score (nSPS) is 19.8. The number of hydrogen-bond acceptors (Lipinski definition) is 7. The summed E-state index contributed by atoms with van der Waals surface area (Å²) in [5.41, 5.74) is 2.32. The molecule has 1 amide bonds. The Kier molecular flexibility index (Phi) is 10.8. The maximum atomic E-state index is 14.4. The van der Waals surface area contributed by atoms with E-state index in [0.717, 1.165) is 44.1 Å². The molecule has 1 aromatic carbocycles. The van der Waals surface area contributed by atoms with Crippen molar-refractivity contribution in [2.75, 3.05) is 63.2 Å². The molecule has 2 N–H and O–H groups in total. The first-order valence-electron chi connectivity index (χ1n) is 17.0. The lowest BCUT2D eigenvalue weighted by atomic mass is 9.89. The van der Waals surface area contributed by atoms with E-state index in [1.165, 1.54) is 36.2 Å². The molecule has 4 aliphatic rings. The van der Waals surface area contributed by atoms with Gasteiger partial charge in [-0.3, -0.25) is 14.9 Å². The highest BCUT2D eigenvalue weighted by atomic mass is 19.4. The quantitative estimate of drug-likeness (QED) is 0.238. The summed E-state index contributed by atoms with van der Waals surface area (Å²) in [7, 11) is 5.24. The molecule has 2 aromatic rings. The van der Waals surface area contributed by atoms with Gasteiger partial charge in [-0.25, -0.2) is 0 Å². The molecule has 264 valence electrons. The maximum absolute atomic E-state index is 14.4. The molecule has 13 heteroatoms. The van der Waals surface area contributed by atoms with Crippen molar-refractivity contribution >= 4 is 23.6 Å².